The third-order valence-electron chi connectivity index (χ3n) is 7.00. The highest BCUT2D eigenvalue weighted by Gasteiger charge is 2.29. The lowest BCUT2D eigenvalue weighted by Gasteiger charge is -2.31. The standard InChI is InChI=1S/C20H29N3O3.C8H10.C5H12.C4H10.C3H6O.4C2H6.6CH5N.9CH2O.3H3N/c1-15(20(26)23-12-8-5-9-13-23)21-19(25)18(22(3)16(2)24)14-17-10-6-4-7-11-17;1-2-8-6-4-3-5-7-8;1-4-5(2)3;1-4(2)3;1-3(2)4;19*1-2;;;/h4,6-7,10-11,15,18H,5,8-9,12-14H2,1-3H3,(H,21,25);3-7H,2H2,1H3;5H,4H2,1-3H3;4H,1-3H3;1-2H3;4*1-2H3;6*2H2,1H3;9*1H2;3*1H3/t15-,18-;;;;;;;;;;;;;;;;;;;;;;;;;;/m0........................../s1. The topological polar surface area (TPSA) is 502 Å². The number of nitrogens with zero attached hydrogens (tertiary/aromatic N) is 2. The van der Waals surface area contributed by atoms with Crippen LogP contribution < -0.4 is 58.2 Å². The number of carbonyl (C=O) groups is 13. The number of Topliss-reactive ketones (excluding diaryl/α,β-unsaturated/α-hetero) is 1. The molecular weight excluding hydrogens is 1130 g/mol. The van der Waals surface area contributed by atoms with Gasteiger partial charge in [-0.2, -0.15) is 0 Å². The van der Waals surface area contributed by atoms with Crippen LogP contribution >= 0.6 is 0 Å². The molecule has 1 aliphatic heterocycles. The monoisotopic (exact) mass is 1280 g/mol. The summed E-state index contributed by atoms with van der Waals surface area (Å²) in [5, 5.41) is 2.81. The smallest absolute Gasteiger partial charge is 0.244 e. The number of nitrogens with two attached hydrogens (primary N) is 6. The van der Waals surface area contributed by atoms with Gasteiger partial charge in [0.15, 0.2) is 0 Å². The fourth-order valence-corrected chi connectivity index (χ4v) is 3.94. The van der Waals surface area contributed by atoms with Gasteiger partial charge in [0.1, 0.15) is 79.0 Å². The van der Waals surface area contributed by atoms with E-state index in [1.54, 1.807) is 14.0 Å². The number of rotatable bonds is 8. The third kappa shape index (κ3) is 200. The molecule has 3 rings (SSSR count). The Labute approximate surface area is 541 Å². The van der Waals surface area contributed by atoms with Crippen molar-refractivity contribution in [1.29, 1.82) is 0 Å². The minimum absolute atomic E-state index is 0. The van der Waals surface area contributed by atoms with E-state index in [0.29, 0.717) is 6.42 Å². The molecule has 88 heavy (non-hydrogen) atoms. The zero-order valence-corrected chi connectivity index (χ0v) is 61.4. The summed E-state index contributed by atoms with van der Waals surface area (Å²) in [6.45, 7) is 57.0. The van der Waals surface area contributed by atoms with Crippen LogP contribution in [0.25, 0.3) is 0 Å². The van der Waals surface area contributed by atoms with E-state index in [1.807, 2.05) is 158 Å². The zero-order valence-electron chi connectivity index (χ0n) is 61.4. The predicted octanol–water partition coefficient (Wildman–Crippen LogP) is 8.53. The van der Waals surface area contributed by atoms with Gasteiger partial charge in [-0.15, -0.1) is 0 Å². The number of benzene rings is 2. The number of hydrogen-bond donors (Lipinski definition) is 10. The molecule has 1 saturated heterocycles. The van der Waals surface area contributed by atoms with Crippen LogP contribution in [0.5, 0.6) is 0 Å². The third-order valence-corrected chi connectivity index (χ3v) is 7.00. The maximum Gasteiger partial charge on any atom is 0.244 e. The van der Waals surface area contributed by atoms with Gasteiger partial charge in [-0.3, -0.25) is 14.4 Å². The second-order valence-electron chi connectivity index (χ2n) is 13.2. The molecule has 0 saturated carbocycles. The fraction of sp³-hybridized carbons (Fsp3) is 0.603. The van der Waals surface area contributed by atoms with Crippen molar-refractivity contribution in [1.82, 2.24) is 33.6 Å². The van der Waals surface area contributed by atoms with Crippen molar-refractivity contribution in [2.45, 2.75) is 182 Å². The fourth-order valence-electron chi connectivity index (χ4n) is 3.94. The summed E-state index contributed by atoms with van der Waals surface area (Å²) in [6.07, 6.45) is 6.02. The average Bonchev–Trinajstić information content (AvgIpc) is 3.61. The van der Waals surface area contributed by atoms with Gasteiger partial charge >= 0.3 is 0 Å². The largest absolute Gasteiger partial charge is 0.344 e. The Kier molecular flexibility index (Phi) is 393. The molecule has 1 fully saturated rings. The van der Waals surface area contributed by atoms with E-state index in [4.69, 9.17) is 43.2 Å². The molecule has 0 unspecified atom stereocenters. The number of likely N-dealkylation sites (tertiary alicyclic amines) is 1. The predicted molar refractivity (Wildman–Crippen MR) is 383 cm³/mol. The van der Waals surface area contributed by atoms with E-state index in [0.717, 1.165) is 56.2 Å². The number of ketones is 1. The molecule has 0 aliphatic carbocycles. The number of carbonyl (C=O) groups excluding carboxylic acids is 13. The molecule has 0 aromatic heterocycles. The number of amides is 3. The average molecular weight is 1280 g/mol. The number of piperidine rings is 1. The minimum atomic E-state index is -0.647. The van der Waals surface area contributed by atoms with E-state index < -0.39 is 12.1 Å². The van der Waals surface area contributed by atoms with Gasteiger partial charge in [-0.05, 0) is 112 Å². The molecule has 25 nitrogen and oxygen atoms in total. The lowest BCUT2D eigenvalue weighted by Crippen LogP contribution is -2.54. The maximum absolute atomic E-state index is 12.8. The molecule has 3 amide bonds. The highest BCUT2D eigenvalue weighted by atomic mass is 16.2. The van der Waals surface area contributed by atoms with Crippen LogP contribution in [0.15, 0.2) is 60.7 Å². The minimum Gasteiger partial charge on any atom is -0.344 e. The van der Waals surface area contributed by atoms with Crippen molar-refractivity contribution in [3.05, 3.63) is 71.8 Å². The summed E-state index contributed by atoms with van der Waals surface area (Å²) < 4.78 is 0. The first-order chi connectivity index (χ1) is 41.1. The number of likely N-dealkylation sites (N-methyl/N-ethyl adjacent to an activating group) is 1. The van der Waals surface area contributed by atoms with E-state index in [1.165, 1.54) is 79.9 Å². The highest BCUT2D eigenvalue weighted by molar-refractivity contribution is 5.91. The summed E-state index contributed by atoms with van der Waals surface area (Å²) in [5.41, 5.74) is 29.4. The molecule has 25 heteroatoms. The maximum atomic E-state index is 12.8. The zero-order chi connectivity index (χ0) is 74.4. The quantitative estimate of drug-likeness (QED) is 0.118. The van der Waals surface area contributed by atoms with Crippen molar-refractivity contribution >= 4 is 84.6 Å². The van der Waals surface area contributed by atoms with Crippen LogP contribution in [-0.2, 0) is 75.2 Å². The molecule has 22 N–H and O–H groups in total. The first-order valence-corrected chi connectivity index (χ1v) is 27.5. The van der Waals surface area contributed by atoms with E-state index >= 15 is 0 Å². The lowest BCUT2D eigenvalue weighted by atomic mass is 10.0. The van der Waals surface area contributed by atoms with Crippen molar-refractivity contribution in [3.8, 4) is 0 Å². The number of hydrogen-bond acceptors (Lipinski definition) is 22. The first kappa shape index (κ1) is 160. The van der Waals surface area contributed by atoms with Crippen LogP contribution in [0, 0.1) is 11.8 Å². The van der Waals surface area contributed by atoms with E-state index in [2.05, 4.69) is 112 Å². The molecule has 2 atom stereocenters. The van der Waals surface area contributed by atoms with E-state index in [9.17, 15) is 19.2 Å². The van der Waals surface area contributed by atoms with Gasteiger partial charge in [0.2, 0.25) is 17.7 Å². The molecule has 0 bridgehead atoms. The first-order valence-electron chi connectivity index (χ1n) is 27.5. The molecule has 2 aromatic rings. The normalized spacial score (nSPS) is 8.05. The Morgan fingerprint density at radius 3 is 0.864 bits per heavy atom. The number of aryl methyl sites for hydroxylation is 1. The Morgan fingerprint density at radius 2 is 0.682 bits per heavy atom. The van der Waals surface area contributed by atoms with Gasteiger partial charge in [-0.25, -0.2) is 0 Å². The summed E-state index contributed by atoms with van der Waals surface area (Å²) in [4.78, 5) is 122. The lowest BCUT2D eigenvalue weighted by molar-refractivity contribution is -0.140. The van der Waals surface area contributed by atoms with Crippen molar-refractivity contribution < 1.29 is 62.3 Å². The molecular formula is C63H148N12O13. The Hall–Kier alpha value is -6.81. The Balaban J connectivity index is -0.0000000255. The Bertz CT molecular complexity index is 1270. The summed E-state index contributed by atoms with van der Waals surface area (Å²) in [6, 6.07) is 18.8. The molecule has 1 aliphatic rings. The second kappa shape index (κ2) is 217. The highest BCUT2D eigenvalue weighted by Crippen LogP contribution is 2.12. The van der Waals surface area contributed by atoms with Crippen LogP contribution in [-0.4, -0.2) is 169 Å². The SMILES string of the molecule is C=O.C=O.C=O.C=O.C=O.C=O.C=O.C=O.C=O.CC.CC.CC.CC.CC(=O)N(C)[C@@H](Cc1ccccc1)C(=O)N[C@@H](C)C(=O)N1CCCCC1.CC(C)=O.CC(C)C.CCC(C)C.CCc1ccccc1.CN.CN.CN.CN.CN.CN.N.N.N. The van der Waals surface area contributed by atoms with Gasteiger partial charge in [0, 0.05) is 33.5 Å². The van der Waals surface area contributed by atoms with Crippen LogP contribution in [0.4, 0.5) is 0 Å². The van der Waals surface area contributed by atoms with E-state index in [-0.39, 0.29) is 42.0 Å². The van der Waals surface area contributed by atoms with Crippen LogP contribution in [0.1, 0.15) is 168 Å². The van der Waals surface area contributed by atoms with Crippen molar-refractivity contribution in [2.24, 2.45) is 46.2 Å². The van der Waals surface area contributed by atoms with Gasteiger partial charge < -0.3 is 116 Å². The summed E-state index contributed by atoms with van der Waals surface area (Å²) in [5.74, 6) is 1.34. The molecule has 538 valence electrons. The number of nitrogens with one attached hydrogen (secondary N) is 1. The molecule has 1 heterocycles. The van der Waals surface area contributed by atoms with Crippen LogP contribution in [0.3, 0.4) is 0 Å². The van der Waals surface area contributed by atoms with Gasteiger partial charge in [-0.1, -0.05) is 171 Å². The molecule has 0 spiro atoms. The van der Waals surface area contributed by atoms with Crippen molar-refractivity contribution in [3.63, 3.8) is 0 Å². The van der Waals surface area contributed by atoms with Gasteiger partial charge in [0.05, 0.1) is 0 Å². The summed E-state index contributed by atoms with van der Waals surface area (Å²) in [7, 11) is 10.6. The summed E-state index contributed by atoms with van der Waals surface area (Å²) >= 11 is 0. The van der Waals surface area contributed by atoms with Gasteiger partial charge in [0.25, 0.3) is 0 Å². The Morgan fingerprint density at radius 1 is 0.466 bits per heavy atom. The second-order valence-corrected chi connectivity index (χ2v) is 13.2. The van der Waals surface area contributed by atoms with Crippen LogP contribution in [0.2, 0.25) is 0 Å². The molecule has 2 aromatic carbocycles. The molecule has 0 radical (unpaired) electrons. The van der Waals surface area contributed by atoms with Crippen molar-refractivity contribution in [2.75, 3.05) is 62.4 Å².